The van der Waals surface area contributed by atoms with E-state index in [0.717, 1.165) is 17.5 Å². The lowest BCUT2D eigenvalue weighted by molar-refractivity contribution is -0.139. The third-order valence-corrected chi connectivity index (χ3v) is 6.77. The zero-order valence-corrected chi connectivity index (χ0v) is 21.3. The highest BCUT2D eigenvalue weighted by Crippen LogP contribution is 2.20. The Morgan fingerprint density at radius 2 is 1.66 bits per heavy atom. The summed E-state index contributed by atoms with van der Waals surface area (Å²) < 4.78 is 14.6. The fourth-order valence-electron chi connectivity index (χ4n) is 3.65. The van der Waals surface area contributed by atoms with Crippen LogP contribution in [0.1, 0.15) is 30.0 Å². The van der Waals surface area contributed by atoms with Gasteiger partial charge in [-0.1, -0.05) is 79.2 Å². The van der Waals surface area contributed by atoms with Crippen molar-refractivity contribution in [2.45, 2.75) is 38.1 Å². The second kappa shape index (κ2) is 13.9. The van der Waals surface area contributed by atoms with Gasteiger partial charge in [-0.25, -0.2) is 4.39 Å². The highest BCUT2D eigenvalue weighted by molar-refractivity contribution is 7.99. The van der Waals surface area contributed by atoms with E-state index in [9.17, 15) is 14.0 Å². The molecule has 1 atom stereocenters. The van der Waals surface area contributed by atoms with Gasteiger partial charge in [-0.2, -0.15) is 0 Å². The van der Waals surface area contributed by atoms with E-state index >= 15 is 0 Å². The van der Waals surface area contributed by atoms with Crippen molar-refractivity contribution >= 4 is 35.2 Å². The van der Waals surface area contributed by atoms with Crippen LogP contribution in [-0.4, -0.2) is 35.1 Å². The lowest BCUT2D eigenvalue weighted by atomic mass is 10.0. The van der Waals surface area contributed by atoms with Gasteiger partial charge in [0.05, 0.1) is 5.75 Å². The van der Waals surface area contributed by atoms with E-state index < -0.39 is 11.9 Å². The van der Waals surface area contributed by atoms with Gasteiger partial charge in [-0.05, 0) is 35.7 Å². The second-order valence-electron chi connectivity index (χ2n) is 8.23. The molecule has 184 valence electrons. The highest BCUT2D eigenvalue weighted by Gasteiger charge is 2.30. The van der Waals surface area contributed by atoms with Crippen LogP contribution in [0.4, 0.5) is 4.39 Å². The summed E-state index contributed by atoms with van der Waals surface area (Å²) in [5, 5.41) is 3.59. The molecule has 1 N–H and O–H groups in total. The maximum Gasteiger partial charge on any atom is 0.243 e. The van der Waals surface area contributed by atoms with Crippen LogP contribution in [0.15, 0.2) is 78.9 Å². The number of thioether (sulfide) groups is 1. The number of nitrogens with zero attached hydrogens (tertiary/aromatic N) is 1. The van der Waals surface area contributed by atoms with Crippen LogP contribution in [0, 0.1) is 5.82 Å². The molecule has 0 saturated heterocycles. The first-order valence-electron chi connectivity index (χ1n) is 11.6. The van der Waals surface area contributed by atoms with Gasteiger partial charge in [0.25, 0.3) is 0 Å². The highest BCUT2D eigenvalue weighted by atomic mass is 35.5. The number of hydrogen-bond donors (Lipinski definition) is 1. The first-order valence-corrected chi connectivity index (χ1v) is 13.2. The SMILES string of the molecule is CCCNC(=O)C(Cc1ccccc1)N(Cc1ccccc1F)C(=O)CSCc1ccc(Cl)cc1. The molecule has 0 fully saturated rings. The van der Waals surface area contributed by atoms with Gasteiger partial charge in [0.1, 0.15) is 11.9 Å². The predicted molar refractivity (Wildman–Crippen MR) is 142 cm³/mol. The molecule has 0 saturated carbocycles. The molecule has 3 aromatic rings. The Bertz CT molecular complexity index is 1100. The molecule has 4 nitrogen and oxygen atoms in total. The van der Waals surface area contributed by atoms with Crippen LogP contribution in [0.2, 0.25) is 5.02 Å². The Kier molecular flexibility index (Phi) is 10.6. The Hall–Kier alpha value is -2.83. The zero-order valence-electron chi connectivity index (χ0n) is 19.8. The summed E-state index contributed by atoms with van der Waals surface area (Å²) in [6, 6.07) is 22.7. The number of halogens is 2. The maximum atomic E-state index is 14.6. The van der Waals surface area contributed by atoms with Crippen LogP contribution >= 0.6 is 23.4 Å². The van der Waals surface area contributed by atoms with E-state index in [0.29, 0.717) is 29.3 Å². The van der Waals surface area contributed by atoms with Crippen molar-refractivity contribution in [3.05, 3.63) is 106 Å². The van der Waals surface area contributed by atoms with Crippen molar-refractivity contribution < 1.29 is 14.0 Å². The maximum absolute atomic E-state index is 14.6. The Balaban J connectivity index is 1.83. The molecule has 0 aliphatic carbocycles. The monoisotopic (exact) mass is 512 g/mol. The Morgan fingerprint density at radius 3 is 2.34 bits per heavy atom. The van der Waals surface area contributed by atoms with Gasteiger partial charge in [0, 0.05) is 35.8 Å². The molecule has 0 bridgehead atoms. The van der Waals surface area contributed by atoms with Gasteiger partial charge < -0.3 is 10.2 Å². The standard InChI is InChI=1S/C28H30ClFN2O2S/c1-2-16-31-28(34)26(17-21-8-4-3-5-9-21)32(18-23-10-6-7-11-25(23)30)27(33)20-35-19-22-12-14-24(29)15-13-22/h3-15,26H,2,16-20H2,1H3,(H,31,34). The van der Waals surface area contributed by atoms with Crippen molar-refractivity contribution in [2.75, 3.05) is 12.3 Å². The minimum Gasteiger partial charge on any atom is -0.354 e. The largest absolute Gasteiger partial charge is 0.354 e. The van der Waals surface area contributed by atoms with Crippen molar-refractivity contribution in [3.63, 3.8) is 0 Å². The normalized spacial score (nSPS) is 11.6. The van der Waals surface area contributed by atoms with E-state index in [-0.39, 0.29) is 24.1 Å². The van der Waals surface area contributed by atoms with Crippen LogP contribution in [0.5, 0.6) is 0 Å². The van der Waals surface area contributed by atoms with E-state index in [1.54, 1.807) is 18.2 Å². The van der Waals surface area contributed by atoms with Gasteiger partial charge in [-0.15, -0.1) is 11.8 Å². The Morgan fingerprint density at radius 1 is 0.971 bits per heavy atom. The summed E-state index contributed by atoms with van der Waals surface area (Å²) >= 11 is 7.42. The molecular weight excluding hydrogens is 483 g/mol. The average Bonchev–Trinajstić information content (AvgIpc) is 2.87. The van der Waals surface area contributed by atoms with Gasteiger partial charge in [0.15, 0.2) is 0 Å². The van der Waals surface area contributed by atoms with Crippen molar-refractivity contribution in [3.8, 4) is 0 Å². The molecule has 7 heteroatoms. The fourth-order valence-corrected chi connectivity index (χ4v) is 4.65. The minimum absolute atomic E-state index is 0.0179. The Labute approximate surface area is 215 Å². The predicted octanol–water partition coefficient (Wildman–Crippen LogP) is 5.88. The molecule has 0 aliphatic rings. The molecule has 0 radical (unpaired) electrons. The molecule has 3 aromatic carbocycles. The number of nitrogens with one attached hydrogen (secondary N) is 1. The smallest absolute Gasteiger partial charge is 0.243 e. The third kappa shape index (κ3) is 8.41. The summed E-state index contributed by atoms with van der Waals surface area (Å²) in [5.41, 5.74) is 2.36. The number of hydrogen-bond acceptors (Lipinski definition) is 3. The summed E-state index contributed by atoms with van der Waals surface area (Å²) in [6.45, 7) is 2.50. The second-order valence-corrected chi connectivity index (χ2v) is 9.65. The van der Waals surface area contributed by atoms with Gasteiger partial charge in [-0.3, -0.25) is 9.59 Å². The van der Waals surface area contributed by atoms with Crippen LogP contribution < -0.4 is 5.32 Å². The van der Waals surface area contributed by atoms with Gasteiger partial charge >= 0.3 is 0 Å². The van der Waals surface area contributed by atoms with Crippen LogP contribution in [-0.2, 0) is 28.3 Å². The summed E-state index contributed by atoms with van der Waals surface area (Å²) in [5.74, 6) is -0.0416. The quantitative estimate of drug-likeness (QED) is 0.330. The molecule has 0 aromatic heterocycles. The molecule has 0 heterocycles. The van der Waals surface area contributed by atoms with E-state index in [1.165, 1.54) is 22.7 Å². The van der Waals surface area contributed by atoms with Crippen LogP contribution in [0.25, 0.3) is 0 Å². The minimum atomic E-state index is -0.757. The van der Waals surface area contributed by atoms with Gasteiger partial charge in [0.2, 0.25) is 11.8 Å². The third-order valence-electron chi connectivity index (χ3n) is 5.53. The lowest BCUT2D eigenvalue weighted by Crippen LogP contribution is -2.51. The van der Waals surface area contributed by atoms with E-state index in [2.05, 4.69) is 5.32 Å². The fraction of sp³-hybridized carbons (Fsp3) is 0.286. The molecule has 0 spiro atoms. The lowest BCUT2D eigenvalue weighted by Gasteiger charge is -2.31. The zero-order chi connectivity index (χ0) is 25.0. The topological polar surface area (TPSA) is 49.4 Å². The number of carbonyl (C=O) groups is 2. The first-order chi connectivity index (χ1) is 17.0. The number of benzene rings is 3. The van der Waals surface area contributed by atoms with Crippen molar-refractivity contribution in [1.82, 2.24) is 10.2 Å². The van der Waals surface area contributed by atoms with E-state index in [1.807, 2.05) is 61.5 Å². The number of carbonyl (C=O) groups excluding carboxylic acids is 2. The number of amides is 2. The van der Waals surface area contributed by atoms with E-state index in [4.69, 9.17) is 11.6 Å². The molecule has 3 rings (SSSR count). The molecule has 2 amide bonds. The first kappa shape index (κ1) is 26.8. The molecule has 35 heavy (non-hydrogen) atoms. The molecule has 1 unspecified atom stereocenters. The van der Waals surface area contributed by atoms with Crippen molar-refractivity contribution in [2.24, 2.45) is 0 Å². The molecule has 0 aliphatic heterocycles. The summed E-state index contributed by atoms with van der Waals surface area (Å²) in [6.07, 6.45) is 1.13. The van der Waals surface area contributed by atoms with Crippen LogP contribution in [0.3, 0.4) is 0 Å². The number of rotatable bonds is 12. The summed E-state index contributed by atoms with van der Waals surface area (Å²) in [4.78, 5) is 28.3. The average molecular weight is 513 g/mol. The molecular formula is C28H30ClFN2O2S. The summed E-state index contributed by atoms with van der Waals surface area (Å²) in [7, 11) is 0. The van der Waals surface area contributed by atoms with Crippen molar-refractivity contribution in [1.29, 1.82) is 0 Å².